The van der Waals surface area contributed by atoms with Crippen LogP contribution in [0.3, 0.4) is 0 Å². The van der Waals surface area contributed by atoms with Crippen molar-refractivity contribution in [1.82, 2.24) is 4.90 Å². The summed E-state index contributed by atoms with van der Waals surface area (Å²) in [7, 11) is 0. The van der Waals surface area contributed by atoms with Gasteiger partial charge in [0.1, 0.15) is 0 Å². The number of nitrogens with zero attached hydrogens (tertiary/aromatic N) is 1. The monoisotopic (exact) mass is 169 g/mol. The van der Waals surface area contributed by atoms with Crippen molar-refractivity contribution in [2.45, 2.75) is 44.2 Å². The van der Waals surface area contributed by atoms with Crippen LogP contribution in [0.1, 0.15) is 32.1 Å². The number of carbonyl (C=O) groups is 1. The third-order valence-corrected chi connectivity index (χ3v) is 2.94. The summed E-state index contributed by atoms with van der Waals surface area (Å²) in [4.78, 5) is 13.3. The number of piperidine rings is 2. The minimum Gasteiger partial charge on any atom is -0.393 e. The highest BCUT2D eigenvalue weighted by Crippen LogP contribution is 2.26. The van der Waals surface area contributed by atoms with Crippen LogP contribution in [0.25, 0.3) is 0 Å². The Labute approximate surface area is 72.4 Å². The molecular formula is C9H15NO2. The van der Waals surface area contributed by atoms with Crippen LogP contribution in [0.2, 0.25) is 0 Å². The fraction of sp³-hybridized carbons (Fsp3) is 0.889. The topological polar surface area (TPSA) is 40.5 Å². The van der Waals surface area contributed by atoms with Gasteiger partial charge in [-0.05, 0) is 25.7 Å². The van der Waals surface area contributed by atoms with Gasteiger partial charge in [0.05, 0.1) is 6.10 Å². The van der Waals surface area contributed by atoms with Crippen molar-refractivity contribution in [2.75, 3.05) is 6.54 Å². The third-order valence-electron chi connectivity index (χ3n) is 2.94. The predicted molar refractivity (Wildman–Crippen MR) is 44.6 cm³/mol. The second-order valence-electron chi connectivity index (χ2n) is 3.81. The summed E-state index contributed by atoms with van der Waals surface area (Å²) < 4.78 is 0. The number of hydrogen-bond acceptors (Lipinski definition) is 2. The molecule has 0 radical (unpaired) electrons. The van der Waals surface area contributed by atoms with Crippen LogP contribution in [0, 0.1) is 0 Å². The zero-order valence-electron chi connectivity index (χ0n) is 7.20. The van der Waals surface area contributed by atoms with Crippen LogP contribution in [-0.4, -0.2) is 34.6 Å². The van der Waals surface area contributed by atoms with Crippen LogP contribution in [-0.2, 0) is 4.79 Å². The van der Waals surface area contributed by atoms with E-state index in [1.165, 1.54) is 0 Å². The first kappa shape index (κ1) is 8.05. The Morgan fingerprint density at radius 3 is 3.08 bits per heavy atom. The summed E-state index contributed by atoms with van der Waals surface area (Å²) in [6.45, 7) is 0.769. The molecule has 2 saturated heterocycles. The Hall–Kier alpha value is -0.570. The van der Waals surface area contributed by atoms with Gasteiger partial charge in [-0.25, -0.2) is 0 Å². The SMILES string of the molecule is O=C1CCC[C@H]2C[C@@H](O)CCN12. The van der Waals surface area contributed by atoms with Gasteiger partial charge in [0.25, 0.3) is 0 Å². The highest BCUT2D eigenvalue weighted by Gasteiger charge is 2.32. The number of fused-ring (bicyclic) bond motifs is 1. The molecule has 2 heterocycles. The van der Waals surface area contributed by atoms with Crippen molar-refractivity contribution in [3.05, 3.63) is 0 Å². The summed E-state index contributed by atoms with van der Waals surface area (Å²) in [6.07, 6.45) is 4.20. The minimum atomic E-state index is -0.169. The number of hydrogen-bond donors (Lipinski definition) is 1. The maximum absolute atomic E-state index is 11.4. The number of rotatable bonds is 0. The van der Waals surface area contributed by atoms with Crippen LogP contribution in [0.15, 0.2) is 0 Å². The first-order valence-corrected chi connectivity index (χ1v) is 4.75. The van der Waals surface area contributed by atoms with Crippen molar-refractivity contribution in [3.63, 3.8) is 0 Å². The van der Waals surface area contributed by atoms with E-state index in [9.17, 15) is 9.90 Å². The standard InChI is InChI=1S/C9H15NO2/c11-8-4-5-10-7(6-8)2-1-3-9(10)12/h7-8,11H,1-6H2/t7-,8-/m0/s1. The van der Waals surface area contributed by atoms with E-state index in [-0.39, 0.29) is 12.0 Å². The molecule has 2 atom stereocenters. The molecule has 1 amide bonds. The number of aliphatic hydroxyl groups excluding tert-OH is 1. The van der Waals surface area contributed by atoms with Gasteiger partial charge in [-0.1, -0.05) is 0 Å². The molecule has 0 bridgehead atoms. The third kappa shape index (κ3) is 1.33. The molecule has 2 fully saturated rings. The number of amides is 1. The molecule has 2 rings (SSSR count). The molecule has 0 spiro atoms. The molecule has 0 unspecified atom stereocenters. The largest absolute Gasteiger partial charge is 0.393 e. The van der Waals surface area contributed by atoms with Crippen LogP contribution < -0.4 is 0 Å². The Morgan fingerprint density at radius 1 is 1.42 bits per heavy atom. The van der Waals surface area contributed by atoms with Crippen LogP contribution in [0.5, 0.6) is 0 Å². The Bertz CT molecular complexity index is 193. The van der Waals surface area contributed by atoms with Crippen molar-refractivity contribution < 1.29 is 9.90 Å². The molecule has 2 aliphatic heterocycles. The lowest BCUT2D eigenvalue weighted by Crippen LogP contribution is -2.49. The van der Waals surface area contributed by atoms with Crippen molar-refractivity contribution >= 4 is 5.91 Å². The lowest BCUT2D eigenvalue weighted by atomic mass is 9.91. The predicted octanol–water partition coefficient (Wildman–Crippen LogP) is 0.522. The van der Waals surface area contributed by atoms with E-state index < -0.39 is 0 Å². The molecule has 2 aliphatic rings. The Balaban J connectivity index is 2.04. The van der Waals surface area contributed by atoms with E-state index >= 15 is 0 Å². The van der Waals surface area contributed by atoms with E-state index in [0.717, 1.165) is 32.2 Å². The van der Waals surface area contributed by atoms with Gasteiger partial charge in [0, 0.05) is 19.0 Å². The van der Waals surface area contributed by atoms with Gasteiger partial charge in [0.2, 0.25) is 5.91 Å². The average Bonchev–Trinajstić information content (AvgIpc) is 2.04. The molecule has 12 heavy (non-hydrogen) atoms. The first-order chi connectivity index (χ1) is 5.77. The summed E-state index contributed by atoms with van der Waals surface area (Å²) in [6, 6.07) is 0.343. The smallest absolute Gasteiger partial charge is 0.222 e. The molecule has 1 N–H and O–H groups in total. The van der Waals surface area contributed by atoms with Gasteiger partial charge in [0.15, 0.2) is 0 Å². The fourth-order valence-electron chi connectivity index (χ4n) is 2.26. The van der Waals surface area contributed by atoms with Crippen molar-refractivity contribution in [2.24, 2.45) is 0 Å². The Morgan fingerprint density at radius 2 is 2.25 bits per heavy atom. The molecule has 3 heteroatoms. The Kier molecular flexibility index (Phi) is 2.05. The lowest BCUT2D eigenvalue weighted by molar-refractivity contribution is -0.139. The van der Waals surface area contributed by atoms with Crippen LogP contribution >= 0.6 is 0 Å². The van der Waals surface area contributed by atoms with E-state index in [1.807, 2.05) is 4.90 Å². The van der Waals surface area contributed by atoms with Crippen molar-refractivity contribution in [3.8, 4) is 0 Å². The van der Waals surface area contributed by atoms with Crippen molar-refractivity contribution in [1.29, 1.82) is 0 Å². The first-order valence-electron chi connectivity index (χ1n) is 4.75. The van der Waals surface area contributed by atoms with Gasteiger partial charge in [-0.2, -0.15) is 0 Å². The summed E-state index contributed by atoms with van der Waals surface area (Å²) in [5.74, 6) is 0.290. The summed E-state index contributed by atoms with van der Waals surface area (Å²) >= 11 is 0. The van der Waals surface area contributed by atoms with Gasteiger partial charge in [-0.15, -0.1) is 0 Å². The second-order valence-corrected chi connectivity index (χ2v) is 3.81. The second kappa shape index (κ2) is 3.05. The molecular weight excluding hydrogens is 154 g/mol. The zero-order chi connectivity index (χ0) is 8.55. The normalized spacial score (nSPS) is 36.4. The van der Waals surface area contributed by atoms with E-state index in [4.69, 9.17) is 0 Å². The van der Waals surface area contributed by atoms with Crippen LogP contribution in [0.4, 0.5) is 0 Å². The average molecular weight is 169 g/mol. The van der Waals surface area contributed by atoms with E-state index in [2.05, 4.69) is 0 Å². The molecule has 0 aromatic heterocycles. The minimum absolute atomic E-state index is 0.169. The van der Waals surface area contributed by atoms with Gasteiger partial charge >= 0.3 is 0 Å². The number of carbonyl (C=O) groups excluding carboxylic acids is 1. The van der Waals surface area contributed by atoms with E-state index in [0.29, 0.717) is 12.5 Å². The molecule has 0 saturated carbocycles. The molecule has 0 aliphatic carbocycles. The lowest BCUT2D eigenvalue weighted by Gasteiger charge is -2.40. The quantitative estimate of drug-likeness (QED) is 0.574. The maximum atomic E-state index is 11.4. The fourth-order valence-corrected chi connectivity index (χ4v) is 2.26. The van der Waals surface area contributed by atoms with Gasteiger partial charge in [-0.3, -0.25) is 4.79 Å². The molecule has 0 aromatic rings. The highest BCUT2D eigenvalue weighted by atomic mass is 16.3. The molecule has 3 nitrogen and oxygen atoms in total. The molecule has 68 valence electrons. The summed E-state index contributed by atoms with van der Waals surface area (Å²) in [5.41, 5.74) is 0. The zero-order valence-corrected chi connectivity index (χ0v) is 7.20. The highest BCUT2D eigenvalue weighted by molar-refractivity contribution is 5.77. The van der Waals surface area contributed by atoms with E-state index in [1.54, 1.807) is 0 Å². The van der Waals surface area contributed by atoms with Gasteiger partial charge < -0.3 is 10.0 Å². The number of aliphatic hydroxyl groups is 1. The molecule has 0 aromatic carbocycles. The maximum Gasteiger partial charge on any atom is 0.222 e. The summed E-state index contributed by atoms with van der Waals surface area (Å²) in [5, 5.41) is 9.40.